The first kappa shape index (κ1) is 12.9. The van der Waals surface area contributed by atoms with Crippen molar-refractivity contribution >= 4 is 22.3 Å². The highest BCUT2D eigenvalue weighted by Crippen LogP contribution is 2.20. The Balaban J connectivity index is 2.47. The van der Waals surface area contributed by atoms with Crippen LogP contribution in [-0.4, -0.2) is 37.8 Å². The molecule has 0 aliphatic rings. The molecule has 0 spiro atoms. The summed E-state index contributed by atoms with van der Waals surface area (Å²) in [5.41, 5.74) is 1.99. The van der Waals surface area contributed by atoms with E-state index in [0.29, 0.717) is 18.9 Å². The summed E-state index contributed by atoms with van der Waals surface area (Å²) in [4.78, 5) is 15.5. The first-order valence-electron chi connectivity index (χ1n) is 5.13. The van der Waals surface area contributed by atoms with E-state index in [1.165, 1.54) is 11.3 Å². The van der Waals surface area contributed by atoms with Gasteiger partial charge in [0.2, 0.25) is 0 Å². The number of hydrogen-bond acceptors (Lipinski definition) is 6. The molecule has 0 radical (unpaired) electrons. The van der Waals surface area contributed by atoms with Crippen molar-refractivity contribution in [3.63, 3.8) is 0 Å². The highest BCUT2D eigenvalue weighted by atomic mass is 32.1. The molecule has 0 atom stereocenters. The Bertz CT molecular complexity index is 328. The average molecular weight is 244 g/mol. The molecule has 16 heavy (non-hydrogen) atoms. The topological polar surface area (TPSA) is 60.5 Å². The van der Waals surface area contributed by atoms with Crippen LogP contribution < -0.4 is 5.32 Å². The first-order chi connectivity index (χ1) is 7.79. The lowest BCUT2D eigenvalue weighted by molar-refractivity contribution is 0.0521. The maximum Gasteiger partial charge on any atom is 0.360 e. The van der Waals surface area contributed by atoms with Crippen molar-refractivity contribution in [2.24, 2.45) is 0 Å². The molecule has 6 heteroatoms. The van der Waals surface area contributed by atoms with Gasteiger partial charge in [-0.3, -0.25) is 0 Å². The minimum absolute atomic E-state index is 0.361. The molecule has 1 heterocycles. The molecule has 0 amide bonds. The Labute approximate surface area is 98.8 Å². The van der Waals surface area contributed by atoms with Crippen LogP contribution in [0, 0.1) is 0 Å². The molecule has 0 aliphatic carbocycles. The fourth-order valence-corrected chi connectivity index (χ4v) is 1.83. The number of aromatic nitrogens is 1. The normalized spacial score (nSPS) is 10.1. The van der Waals surface area contributed by atoms with E-state index in [1.54, 1.807) is 19.5 Å². The summed E-state index contributed by atoms with van der Waals surface area (Å²) in [6.07, 6.45) is 0.886. The number of hydrogen-bond donors (Lipinski definition) is 1. The lowest BCUT2D eigenvalue weighted by atomic mass is 10.4. The lowest BCUT2D eigenvalue weighted by Crippen LogP contribution is -2.10. The van der Waals surface area contributed by atoms with Gasteiger partial charge < -0.3 is 14.8 Å². The van der Waals surface area contributed by atoms with Gasteiger partial charge >= 0.3 is 5.97 Å². The van der Waals surface area contributed by atoms with Gasteiger partial charge in [0.05, 0.1) is 12.1 Å². The highest BCUT2D eigenvalue weighted by molar-refractivity contribution is 7.14. The molecule has 1 rings (SSSR count). The Morgan fingerprint density at radius 1 is 1.62 bits per heavy atom. The summed E-state index contributed by atoms with van der Waals surface area (Å²) in [7, 11) is 1.66. The maximum absolute atomic E-state index is 11.5. The molecule has 5 nitrogen and oxygen atoms in total. The first-order valence-corrected chi connectivity index (χ1v) is 6.01. The van der Waals surface area contributed by atoms with E-state index >= 15 is 0 Å². The van der Waals surface area contributed by atoms with Gasteiger partial charge in [0.15, 0.2) is 5.69 Å². The van der Waals surface area contributed by atoms with Crippen LogP contribution in [0.2, 0.25) is 0 Å². The second kappa shape index (κ2) is 7.19. The number of rotatable bonds is 7. The molecule has 0 saturated carbocycles. The number of thiazole rings is 1. The standard InChI is InChI=1S/C10H16N2O3S/c1-3-15-10(13)8-9(16-7-12-8)11-5-4-6-14-2/h7,11H,3-6H2,1-2H3. The van der Waals surface area contributed by atoms with E-state index in [-0.39, 0.29) is 5.97 Å². The van der Waals surface area contributed by atoms with Gasteiger partial charge in [-0.25, -0.2) is 9.78 Å². The van der Waals surface area contributed by atoms with Gasteiger partial charge in [-0.2, -0.15) is 0 Å². The Kier molecular flexibility index (Phi) is 5.81. The second-order valence-electron chi connectivity index (χ2n) is 3.02. The van der Waals surface area contributed by atoms with E-state index in [2.05, 4.69) is 10.3 Å². The van der Waals surface area contributed by atoms with Crippen molar-refractivity contribution < 1.29 is 14.3 Å². The van der Waals surface area contributed by atoms with Crippen molar-refractivity contribution in [2.45, 2.75) is 13.3 Å². The zero-order valence-electron chi connectivity index (χ0n) is 9.49. The molecule has 0 aliphatic heterocycles. The SMILES string of the molecule is CCOC(=O)c1ncsc1NCCCOC. The van der Waals surface area contributed by atoms with E-state index in [4.69, 9.17) is 9.47 Å². The molecule has 1 N–H and O–H groups in total. The number of nitrogens with zero attached hydrogens (tertiary/aromatic N) is 1. The van der Waals surface area contributed by atoms with Crippen LogP contribution in [0.25, 0.3) is 0 Å². The molecular formula is C10H16N2O3S. The fourth-order valence-electron chi connectivity index (χ4n) is 1.13. The number of anilines is 1. The molecule has 1 aromatic heterocycles. The van der Waals surface area contributed by atoms with Gasteiger partial charge in [-0.05, 0) is 13.3 Å². The minimum atomic E-state index is -0.377. The quantitative estimate of drug-likeness (QED) is 0.585. The van der Waals surface area contributed by atoms with E-state index in [9.17, 15) is 4.79 Å². The molecular weight excluding hydrogens is 228 g/mol. The van der Waals surface area contributed by atoms with E-state index < -0.39 is 0 Å². The lowest BCUT2D eigenvalue weighted by Gasteiger charge is -2.05. The molecule has 0 bridgehead atoms. The number of carbonyl (C=O) groups excluding carboxylic acids is 1. The molecule has 0 unspecified atom stereocenters. The summed E-state index contributed by atoms with van der Waals surface area (Å²) in [5.74, 6) is -0.377. The van der Waals surface area contributed by atoms with Crippen molar-refractivity contribution in [3.8, 4) is 0 Å². The van der Waals surface area contributed by atoms with Crippen LogP contribution in [0.3, 0.4) is 0 Å². The monoisotopic (exact) mass is 244 g/mol. The summed E-state index contributed by atoms with van der Waals surface area (Å²) in [5, 5.41) is 3.90. The second-order valence-corrected chi connectivity index (χ2v) is 3.88. The fraction of sp³-hybridized carbons (Fsp3) is 0.600. The van der Waals surface area contributed by atoms with Gasteiger partial charge in [0.25, 0.3) is 0 Å². The van der Waals surface area contributed by atoms with Crippen LogP contribution >= 0.6 is 11.3 Å². The van der Waals surface area contributed by atoms with Crippen LogP contribution in [-0.2, 0) is 9.47 Å². The summed E-state index contributed by atoms with van der Waals surface area (Å²) in [6, 6.07) is 0. The van der Waals surface area contributed by atoms with Crippen LogP contribution in [0.15, 0.2) is 5.51 Å². The predicted octanol–water partition coefficient (Wildman–Crippen LogP) is 1.77. The summed E-state index contributed by atoms with van der Waals surface area (Å²) >= 11 is 1.40. The van der Waals surface area contributed by atoms with Crippen LogP contribution in [0.1, 0.15) is 23.8 Å². The van der Waals surface area contributed by atoms with Gasteiger partial charge in [0.1, 0.15) is 5.00 Å². The van der Waals surface area contributed by atoms with Gasteiger partial charge in [0, 0.05) is 20.3 Å². The molecule has 0 saturated heterocycles. The number of carbonyl (C=O) groups is 1. The van der Waals surface area contributed by atoms with Crippen molar-refractivity contribution in [1.29, 1.82) is 0 Å². The van der Waals surface area contributed by atoms with Crippen LogP contribution in [0.4, 0.5) is 5.00 Å². The predicted molar refractivity (Wildman–Crippen MR) is 63.1 cm³/mol. The van der Waals surface area contributed by atoms with Gasteiger partial charge in [-0.15, -0.1) is 11.3 Å². The average Bonchev–Trinajstić information content (AvgIpc) is 2.73. The number of esters is 1. The summed E-state index contributed by atoms with van der Waals surface area (Å²) < 4.78 is 9.83. The third-order valence-electron chi connectivity index (χ3n) is 1.85. The van der Waals surface area contributed by atoms with E-state index in [1.807, 2.05) is 0 Å². The minimum Gasteiger partial charge on any atom is -0.461 e. The number of nitrogens with one attached hydrogen (secondary N) is 1. The largest absolute Gasteiger partial charge is 0.461 e. The smallest absolute Gasteiger partial charge is 0.360 e. The Morgan fingerprint density at radius 3 is 3.12 bits per heavy atom. The maximum atomic E-state index is 11.5. The molecule has 1 aromatic rings. The molecule has 0 fully saturated rings. The number of ether oxygens (including phenoxy) is 2. The van der Waals surface area contributed by atoms with Gasteiger partial charge in [-0.1, -0.05) is 0 Å². The highest BCUT2D eigenvalue weighted by Gasteiger charge is 2.15. The Morgan fingerprint density at radius 2 is 2.44 bits per heavy atom. The zero-order valence-corrected chi connectivity index (χ0v) is 10.3. The Hall–Kier alpha value is -1.14. The summed E-state index contributed by atoms with van der Waals surface area (Å²) in [6.45, 7) is 3.58. The van der Waals surface area contributed by atoms with Crippen LogP contribution in [0.5, 0.6) is 0 Å². The number of methoxy groups -OCH3 is 1. The third-order valence-corrected chi connectivity index (χ3v) is 2.63. The third kappa shape index (κ3) is 3.79. The molecule has 0 aromatic carbocycles. The van der Waals surface area contributed by atoms with Crippen molar-refractivity contribution in [3.05, 3.63) is 11.2 Å². The van der Waals surface area contributed by atoms with Crippen molar-refractivity contribution in [2.75, 3.05) is 32.2 Å². The van der Waals surface area contributed by atoms with Crippen molar-refractivity contribution in [1.82, 2.24) is 4.98 Å². The van der Waals surface area contributed by atoms with E-state index in [0.717, 1.165) is 18.0 Å². The molecule has 90 valence electrons. The zero-order chi connectivity index (χ0) is 11.8.